The van der Waals surface area contributed by atoms with Crippen LogP contribution in [0.2, 0.25) is 0 Å². The number of rotatable bonds is 4. The first kappa shape index (κ1) is 16.8. The number of hydrogen-bond donors (Lipinski definition) is 1. The Kier molecular flexibility index (Phi) is 4.03. The second kappa shape index (κ2) is 6.25. The van der Waals surface area contributed by atoms with Crippen LogP contribution in [0, 0.1) is 12.8 Å². The van der Waals surface area contributed by atoms with Gasteiger partial charge < -0.3 is 4.57 Å². The highest BCUT2D eigenvalue weighted by molar-refractivity contribution is 7.20. The molecule has 0 fully saturated rings. The summed E-state index contributed by atoms with van der Waals surface area (Å²) in [6.45, 7) is 6.69. The van der Waals surface area contributed by atoms with Gasteiger partial charge in [0.2, 0.25) is 5.13 Å². The third-order valence-corrected chi connectivity index (χ3v) is 5.64. The lowest BCUT2D eigenvalue weighted by molar-refractivity contribution is 0.503. The van der Waals surface area contributed by atoms with E-state index < -0.39 is 0 Å². The Labute approximate surface area is 153 Å². The van der Waals surface area contributed by atoms with Gasteiger partial charge in [0.05, 0.1) is 21.1 Å². The maximum absolute atomic E-state index is 13.0. The van der Waals surface area contributed by atoms with Gasteiger partial charge in [-0.2, -0.15) is 4.68 Å². The number of aryl methyl sites for hydroxylation is 1. The third-order valence-electron chi connectivity index (χ3n) is 4.62. The minimum atomic E-state index is -0.171. The van der Waals surface area contributed by atoms with Crippen molar-refractivity contribution in [3.8, 4) is 5.13 Å². The fraction of sp³-hybridized carbons (Fsp3) is 0.316. The molecule has 1 N–H and O–H groups in total. The Balaban J connectivity index is 1.90. The maximum atomic E-state index is 13.0. The molecule has 26 heavy (non-hydrogen) atoms. The van der Waals surface area contributed by atoms with Gasteiger partial charge in [-0.3, -0.25) is 14.7 Å². The highest BCUT2D eigenvalue weighted by Crippen LogP contribution is 2.24. The van der Waals surface area contributed by atoms with Gasteiger partial charge in [-0.1, -0.05) is 37.3 Å². The molecule has 4 rings (SSSR count). The van der Waals surface area contributed by atoms with Crippen molar-refractivity contribution < 1.29 is 0 Å². The van der Waals surface area contributed by atoms with Crippen LogP contribution in [0.15, 0.2) is 39.9 Å². The normalized spacial score (nSPS) is 11.8. The van der Waals surface area contributed by atoms with E-state index in [1.54, 1.807) is 4.57 Å². The largest absolute Gasteiger partial charge is 0.312 e. The number of thiazole rings is 1. The van der Waals surface area contributed by atoms with Crippen LogP contribution < -0.4 is 11.1 Å². The first-order valence-electron chi connectivity index (χ1n) is 8.67. The van der Waals surface area contributed by atoms with Crippen molar-refractivity contribution in [1.29, 1.82) is 0 Å². The number of nitrogens with zero attached hydrogens (tertiary/aromatic N) is 3. The van der Waals surface area contributed by atoms with Crippen molar-refractivity contribution in [1.82, 2.24) is 19.3 Å². The van der Waals surface area contributed by atoms with Crippen LogP contribution in [0.3, 0.4) is 0 Å². The van der Waals surface area contributed by atoms with E-state index in [9.17, 15) is 9.59 Å². The summed E-state index contributed by atoms with van der Waals surface area (Å²) >= 11 is 1.44. The Morgan fingerprint density at radius 1 is 1.23 bits per heavy atom. The van der Waals surface area contributed by atoms with E-state index in [0.29, 0.717) is 34.2 Å². The number of benzene rings is 1. The lowest BCUT2D eigenvalue weighted by atomic mass is 10.1. The minimum absolute atomic E-state index is 0.0895. The van der Waals surface area contributed by atoms with E-state index in [4.69, 9.17) is 0 Å². The summed E-state index contributed by atoms with van der Waals surface area (Å²) in [6, 6.07) is 9.28. The van der Waals surface area contributed by atoms with Crippen molar-refractivity contribution >= 4 is 32.5 Å². The summed E-state index contributed by atoms with van der Waals surface area (Å²) in [5.41, 5.74) is 1.85. The molecular formula is C19H20N4O2S. The first-order chi connectivity index (χ1) is 12.5. The van der Waals surface area contributed by atoms with Gasteiger partial charge in [0.15, 0.2) is 0 Å². The molecule has 3 heterocycles. The van der Waals surface area contributed by atoms with Crippen molar-refractivity contribution in [2.75, 3.05) is 0 Å². The molecule has 0 saturated carbocycles. The SMILES string of the molecule is Cc1c2c(=O)n(-c3nc4ccccc4s3)[nH]c2cc(=O)n1CCC(C)C. The van der Waals surface area contributed by atoms with Gasteiger partial charge in [0, 0.05) is 18.3 Å². The van der Waals surface area contributed by atoms with Gasteiger partial charge >= 0.3 is 0 Å². The van der Waals surface area contributed by atoms with Crippen molar-refractivity contribution in [2.45, 2.75) is 33.7 Å². The number of fused-ring (bicyclic) bond motifs is 2. The predicted octanol–water partition coefficient (Wildman–Crippen LogP) is 3.44. The first-order valence-corrected chi connectivity index (χ1v) is 9.48. The van der Waals surface area contributed by atoms with E-state index in [1.807, 2.05) is 31.2 Å². The van der Waals surface area contributed by atoms with Crippen molar-refractivity contribution in [3.63, 3.8) is 0 Å². The second-order valence-electron chi connectivity index (χ2n) is 6.91. The molecule has 4 aromatic rings. The quantitative estimate of drug-likeness (QED) is 0.600. The van der Waals surface area contributed by atoms with Crippen LogP contribution in [0.5, 0.6) is 0 Å². The zero-order valence-electron chi connectivity index (χ0n) is 14.9. The average molecular weight is 368 g/mol. The molecule has 0 atom stereocenters. The molecule has 1 aromatic carbocycles. The molecule has 0 amide bonds. The highest BCUT2D eigenvalue weighted by Gasteiger charge is 2.17. The molecule has 7 heteroatoms. The molecule has 3 aromatic heterocycles. The monoisotopic (exact) mass is 368 g/mol. The summed E-state index contributed by atoms with van der Waals surface area (Å²) < 4.78 is 4.15. The molecule has 0 saturated heterocycles. The molecule has 0 aliphatic carbocycles. The van der Waals surface area contributed by atoms with Gasteiger partial charge in [0.1, 0.15) is 0 Å². The fourth-order valence-corrected chi connectivity index (χ4v) is 4.09. The van der Waals surface area contributed by atoms with E-state index in [1.165, 1.54) is 22.1 Å². The number of aromatic nitrogens is 4. The van der Waals surface area contributed by atoms with E-state index in [2.05, 4.69) is 23.9 Å². The van der Waals surface area contributed by atoms with E-state index >= 15 is 0 Å². The average Bonchev–Trinajstić information content (AvgIpc) is 3.15. The minimum Gasteiger partial charge on any atom is -0.312 e. The lowest BCUT2D eigenvalue weighted by Crippen LogP contribution is -2.24. The van der Waals surface area contributed by atoms with Crippen LogP contribution in [0.1, 0.15) is 26.0 Å². The number of hydrogen-bond acceptors (Lipinski definition) is 4. The van der Waals surface area contributed by atoms with Gasteiger partial charge in [0.25, 0.3) is 11.1 Å². The standard InChI is InChI=1S/C19H20N4O2S/c1-11(2)8-9-22-12(3)17-14(10-16(22)24)21-23(18(17)25)19-20-13-6-4-5-7-15(13)26-19/h4-7,10-11,21H,8-9H2,1-3H3. The van der Waals surface area contributed by atoms with Crippen LogP contribution in [-0.4, -0.2) is 19.3 Å². The predicted molar refractivity (Wildman–Crippen MR) is 106 cm³/mol. The lowest BCUT2D eigenvalue weighted by Gasteiger charge is -2.11. The molecule has 6 nitrogen and oxygen atoms in total. The number of pyridine rings is 1. The van der Waals surface area contributed by atoms with Crippen LogP contribution in [-0.2, 0) is 6.54 Å². The van der Waals surface area contributed by atoms with Gasteiger partial charge in [-0.15, -0.1) is 0 Å². The summed E-state index contributed by atoms with van der Waals surface area (Å²) in [5, 5.41) is 4.18. The summed E-state index contributed by atoms with van der Waals surface area (Å²) in [6.07, 6.45) is 0.892. The van der Waals surface area contributed by atoms with Crippen LogP contribution >= 0.6 is 11.3 Å². The highest BCUT2D eigenvalue weighted by atomic mass is 32.1. The van der Waals surface area contributed by atoms with E-state index in [0.717, 1.165) is 16.6 Å². The molecule has 0 bridgehead atoms. The number of para-hydroxylation sites is 1. The molecule has 134 valence electrons. The number of H-pyrrole nitrogens is 1. The van der Waals surface area contributed by atoms with Gasteiger partial charge in [-0.25, -0.2) is 4.98 Å². The molecule has 0 radical (unpaired) electrons. The van der Waals surface area contributed by atoms with Crippen molar-refractivity contribution in [2.24, 2.45) is 5.92 Å². The fourth-order valence-electron chi connectivity index (χ4n) is 3.17. The number of aromatic amines is 1. The summed E-state index contributed by atoms with van der Waals surface area (Å²) in [5.74, 6) is 0.489. The topological polar surface area (TPSA) is 72.7 Å². The second-order valence-corrected chi connectivity index (χ2v) is 7.92. The Morgan fingerprint density at radius 3 is 2.73 bits per heavy atom. The summed E-state index contributed by atoms with van der Waals surface area (Å²) in [4.78, 5) is 30.0. The zero-order chi connectivity index (χ0) is 18.4. The molecule has 0 spiro atoms. The maximum Gasteiger partial charge on any atom is 0.282 e. The molecule has 0 unspecified atom stereocenters. The van der Waals surface area contributed by atoms with Gasteiger partial charge in [-0.05, 0) is 31.4 Å². The molecule has 0 aliphatic heterocycles. The summed E-state index contributed by atoms with van der Waals surface area (Å²) in [7, 11) is 0. The Morgan fingerprint density at radius 2 is 2.00 bits per heavy atom. The molecule has 0 aliphatic rings. The Hall–Kier alpha value is -2.67. The number of nitrogens with one attached hydrogen (secondary N) is 1. The third kappa shape index (κ3) is 2.68. The Bertz CT molecular complexity index is 1190. The van der Waals surface area contributed by atoms with E-state index in [-0.39, 0.29) is 11.1 Å². The van der Waals surface area contributed by atoms with Crippen LogP contribution in [0.4, 0.5) is 0 Å². The smallest absolute Gasteiger partial charge is 0.282 e. The molecular weight excluding hydrogens is 348 g/mol. The van der Waals surface area contributed by atoms with Crippen molar-refractivity contribution in [3.05, 3.63) is 56.7 Å². The van der Waals surface area contributed by atoms with Crippen LogP contribution in [0.25, 0.3) is 26.3 Å². The zero-order valence-corrected chi connectivity index (χ0v) is 15.8.